The highest BCUT2D eigenvalue weighted by Gasteiger charge is 2.12. The number of ether oxygens (including phenoxy) is 2. The van der Waals surface area contributed by atoms with E-state index in [2.05, 4.69) is 12.2 Å². The first-order valence-corrected chi connectivity index (χ1v) is 6.40. The van der Waals surface area contributed by atoms with Crippen LogP contribution in [0.3, 0.4) is 0 Å². The zero-order chi connectivity index (χ0) is 12.9. The molecule has 0 aliphatic rings. The van der Waals surface area contributed by atoms with Crippen LogP contribution in [0.5, 0.6) is 0 Å². The fourth-order valence-electron chi connectivity index (χ4n) is 1.36. The Morgan fingerprint density at radius 3 is 2.35 bits per heavy atom. The summed E-state index contributed by atoms with van der Waals surface area (Å²) in [7, 11) is 0. The molecule has 0 bridgehead atoms. The van der Waals surface area contributed by atoms with Gasteiger partial charge in [0.05, 0.1) is 19.3 Å². The van der Waals surface area contributed by atoms with Gasteiger partial charge in [-0.15, -0.1) is 0 Å². The summed E-state index contributed by atoms with van der Waals surface area (Å²) in [5.74, 6) is -0.324. The molecular formula is C12H26N2O3. The Hall–Kier alpha value is -0.650. The molecule has 0 aromatic heterocycles. The van der Waals surface area contributed by atoms with Gasteiger partial charge in [-0.3, -0.25) is 4.79 Å². The summed E-state index contributed by atoms with van der Waals surface area (Å²) in [4.78, 5) is 11.0. The Morgan fingerprint density at radius 2 is 1.82 bits per heavy atom. The molecule has 0 saturated heterocycles. The third kappa shape index (κ3) is 10.2. The van der Waals surface area contributed by atoms with E-state index in [-0.39, 0.29) is 11.9 Å². The number of likely N-dealkylation sites (N-methyl/N-ethyl adjacent to an activating group) is 1. The van der Waals surface area contributed by atoms with Gasteiger partial charge in [0.1, 0.15) is 0 Å². The van der Waals surface area contributed by atoms with E-state index in [0.717, 1.165) is 26.0 Å². The van der Waals surface area contributed by atoms with E-state index >= 15 is 0 Å². The largest absolute Gasteiger partial charge is 0.379 e. The lowest BCUT2D eigenvalue weighted by atomic mass is 10.2. The number of hydrogen-bond donors (Lipinski definition) is 2. The quantitative estimate of drug-likeness (QED) is 0.496. The molecule has 1 unspecified atom stereocenters. The van der Waals surface area contributed by atoms with Crippen molar-refractivity contribution in [1.29, 1.82) is 0 Å². The molecule has 1 atom stereocenters. The van der Waals surface area contributed by atoms with Crippen LogP contribution in [-0.4, -0.2) is 44.9 Å². The first-order valence-electron chi connectivity index (χ1n) is 6.40. The van der Waals surface area contributed by atoms with E-state index in [9.17, 15) is 4.79 Å². The molecule has 5 nitrogen and oxygen atoms in total. The minimum absolute atomic E-state index is 0.291. The number of carbonyl (C=O) groups excluding carboxylic acids is 1. The summed E-state index contributed by atoms with van der Waals surface area (Å²) >= 11 is 0. The van der Waals surface area contributed by atoms with Crippen LogP contribution in [0.4, 0.5) is 0 Å². The fourth-order valence-corrected chi connectivity index (χ4v) is 1.36. The van der Waals surface area contributed by atoms with Crippen LogP contribution < -0.4 is 11.1 Å². The van der Waals surface area contributed by atoms with E-state index in [1.807, 2.05) is 6.92 Å². The van der Waals surface area contributed by atoms with Gasteiger partial charge in [-0.25, -0.2) is 0 Å². The van der Waals surface area contributed by atoms with Crippen LogP contribution in [-0.2, 0) is 14.3 Å². The van der Waals surface area contributed by atoms with Gasteiger partial charge < -0.3 is 20.5 Å². The van der Waals surface area contributed by atoms with Crippen molar-refractivity contribution in [3.05, 3.63) is 0 Å². The number of unbranched alkanes of at least 4 members (excludes halogenated alkanes) is 1. The topological polar surface area (TPSA) is 73.6 Å². The lowest BCUT2D eigenvalue weighted by Crippen LogP contribution is -2.41. The van der Waals surface area contributed by atoms with Crippen molar-refractivity contribution < 1.29 is 14.3 Å². The van der Waals surface area contributed by atoms with Crippen LogP contribution >= 0.6 is 0 Å². The molecule has 0 aromatic carbocycles. The molecule has 1 amide bonds. The van der Waals surface area contributed by atoms with E-state index in [4.69, 9.17) is 15.2 Å². The smallest absolute Gasteiger partial charge is 0.234 e. The summed E-state index contributed by atoms with van der Waals surface area (Å²) in [6.07, 6.45) is 2.84. The van der Waals surface area contributed by atoms with E-state index in [1.165, 1.54) is 0 Å². The molecule has 0 rings (SSSR count). The first kappa shape index (κ1) is 16.4. The molecule has 102 valence electrons. The Bertz CT molecular complexity index is 189. The SMILES string of the molecule is CCCCOCCOCCC(NCC)C(N)=O. The summed E-state index contributed by atoms with van der Waals surface area (Å²) in [5, 5.41) is 3.02. The minimum atomic E-state index is -0.324. The van der Waals surface area contributed by atoms with Crippen LogP contribution in [0, 0.1) is 0 Å². The number of hydrogen-bond acceptors (Lipinski definition) is 4. The maximum Gasteiger partial charge on any atom is 0.234 e. The van der Waals surface area contributed by atoms with Crippen LogP contribution in [0.15, 0.2) is 0 Å². The van der Waals surface area contributed by atoms with Crippen LogP contribution in [0.2, 0.25) is 0 Å². The van der Waals surface area contributed by atoms with Gasteiger partial charge in [-0.2, -0.15) is 0 Å². The molecule has 3 N–H and O–H groups in total. The summed E-state index contributed by atoms with van der Waals surface area (Å²) in [5.41, 5.74) is 5.24. The molecule has 0 heterocycles. The normalized spacial score (nSPS) is 12.6. The minimum Gasteiger partial charge on any atom is -0.379 e. The van der Waals surface area contributed by atoms with Gasteiger partial charge in [0.15, 0.2) is 0 Å². The Morgan fingerprint density at radius 1 is 1.18 bits per heavy atom. The zero-order valence-corrected chi connectivity index (χ0v) is 11.0. The number of amides is 1. The molecule has 17 heavy (non-hydrogen) atoms. The molecule has 0 fully saturated rings. The number of rotatable bonds is 12. The lowest BCUT2D eigenvalue weighted by molar-refractivity contribution is -0.120. The fraction of sp³-hybridized carbons (Fsp3) is 0.917. The zero-order valence-electron chi connectivity index (χ0n) is 11.0. The molecule has 0 saturated carbocycles. The third-order valence-corrected chi connectivity index (χ3v) is 2.36. The number of nitrogens with one attached hydrogen (secondary N) is 1. The van der Waals surface area contributed by atoms with E-state index in [0.29, 0.717) is 26.2 Å². The Balaban J connectivity index is 3.33. The Kier molecular flexibility index (Phi) is 11.4. The first-order chi connectivity index (χ1) is 8.22. The summed E-state index contributed by atoms with van der Waals surface area (Å²) < 4.78 is 10.7. The van der Waals surface area contributed by atoms with Crippen molar-refractivity contribution in [1.82, 2.24) is 5.32 Å². The third-order valence-electron chi connectivity index (χ3n) is 2.36. The summed E-state index contributed by atoms with van der Waals surface area (Å²) in [6.45, 7) is 7.30. The second kappa shape index (κ2) is 11.8. The molecule has 0 radical (unpaired) electrons. The number of nitrogens with two attached hydrogens (primary N) is 1. The van der Waals surface area contributed by atoms with Gasteiger partial charge in [0, 0.05) is 13.2 Å². The highest BCUT2D eigenvalue weighted by Crippen LogP contribution is 1.93. The molecule has 0 aliphatic carbocycles. The molecule has 0 spiro atoms. The second-order valence-corrected chi connectivity index (χ2v) is 3.88. The van der Waals surface area contributed by atoms with Crippen LogP contribution in [0.25, 0.3) is 0 Å². The highest BCUT2D eigenvalue weighted by atomic mass is 16.5. The van der Waals surface area contributed by atoms with Crippen molar-refractivity contribution >= 4 is 5.91 Å². The molecular weight excluding hydrogens is 220 g/mol. The average Bonchev–Trinajstić information content (AvgIpc) is 2.31. The molecule has 5 heteroatoms. The number of primary amides is 1. The monoisotopic (exact) mass is 246 g/mol. The number of carbonyl (C=O) groups is 1. The Labute approximate surface area is 104 Å². The van der Waals surface area contributed by atoms with Gasteiger partial charge >= 0.3 is 0 Å². The van der Waals surface area contributed by atoms with Crippen molar-refractivity contribution in [2.75, 3.05) is 33.0 Å². The maximum absolute atomic E-state index is 11.0. The van der Waals surface area contributed by atoms with Gasteiger partial charge in [0.2, 0.25) is 5.91 Å². The van der Waals surface area contributed by atoms with Crippen molar-refractivity contribution in [3.8, 4) is 0 Å². The van der Waals surface area contributed by atoms with Crippen molar-refractivity contribution in [3.63, 3.8) is 0 Å². The highest BCUT2D eigenvalue weighted by molar-refractivity contribution is 5.79. The second-order valence-electron chi connectivity index (χ2n) is 3.88. The van der Waals surface area contributed by atoms with Gasteiger partial charge in [-0.05, 0) is 19.4 Å². The van der Waals surface area contributed by atoms with E-state index in [1.54, 1.807) is 0 Å². The standard InChI is InChI=1S/C12H26N2O3/c1-3-5-7-16-9-10-17-8-6-11(12(13)15)14-4-2/h11,14H,3-10H2,1-2H3,(H2,13,15). The maximum atomic E-state index is 11.0. The van der Waals surface area contributed by atoms with Crippen molar-refractivity contribution in [2.24, 2.45) is 5.73 Å². The molecule has 0 aliphatic heterocycles. The van der Waals surface area contributed by atoms with Crippen molar-refractivity contribution in [2.45, 2.75) is 39.2 Å². The molecule has 0 aromatic rings. The van der Waals surface area contributed by atoms with Gasteiger partial charge in [0.25, 0.3) is 0 Å². The summed E-state index contributed by atoms with van der Waals surface area (Å²) in [6, 6.07) is -0.291. The predicted octanol–water partition coefficient (Wildman–Crippen LogP) is 0.673. The predicted molar refractivity (Wildman–Crippen MR) is 67.8 cm³/mol. The lowest BCUT2D eigenvalue weighted by Gasteiger charge is -2.13. The average molecular weight is 246 g/mol. The van der Waals surface area contributed by atoms with E-state index < -0.39 is 0 Å². The van der Waals surface area contributed by atoms with Gasteiger partial charge in [-0.1, -0.05) is 20.3 Å². The van der Waals surface area contributed by atoms with Crippen LogP contribution in [0.1, 0.15) is 33.1 Å².